The van der Waals surface area contributed by atoms with Crippen molar-refractivity contribution in [3.63, 3.8) is 0 Å². The van der Waals surface area contributed by atoms with Gasteiger partial charge in [-0.15, -0.1) is 0 Å². The lowest BCUT2D eigenvalue weighted by Gasteiger charge is -2.39. The van der Waals surface area contributed by atoms with E-state index in [1.165, 1.54) is 12.8 Å². The first-order valence-corrected chi connectivity index (χ1v) is 10.7. The van der Waals surface area contributed by atoms with E-state index in [1.807, 2.05) is 26.5 Å². The van der Waals surface area contributed by atoms with E-state index >= 15 is 0 Å². The molecule has 2 N–H and O–H groups in total. The average molecular weight is 412 g/mol. The molecule has 10 heteroatoms. The Bertz CT molecular complexity index is 999. The number of nitrogens with one attached hydrogen (secondary N) is 2. The molecule has 1 aliphatic carbocycles. The van der Waals surface area contributed by atoms with Crippen LogP contribution in [0.15, 0.2) is 18.6 Å². The highest BCUT2D eigenvalue weighted by Gasteiger charge is 2.27. The lowest BCUT2D eigenvalue weighted by Crippen LogP contribution is -2.46. The highest BCUT2D eigenvalue weighted by atomic mass is 16.5. The molecule has 2 fully saturated rings. The zero-order valence-corrected chi connectivity index (χ0v) is 17.6. The maximum atomic E-state index is 5.50. The van der Waals surface area contributed by atoms with Gasteiger partial charge in [0.25, 0.3) is 0 Å². The monoisotopic (exact) mass is 411 g/mol. The molecule has 30 heavy (non-hydrogen) atoms. The van der Waals surface area contributed by atoms with E-state index in [2.05, 4.69) is 30.7 Å². The highest BCUT2D eigenvalue weighted by molar-refractivity contribution is 5.86. The fourth-order valence-corrected chi connectivity index (χ4v) is 4.52. The number of morpholine rings is 1. The van der Waals surface area contributed by atoms with Gasteiger partial charge in [-0.3, -0.25) is 14.3 Å². The van der Waals surface area contributed by atoms with Crippen molar-refractivity contribution in [3.8, 4) is 0 Å². The van der Waals surface area contributed by atoms with Crippen LogP contribution in [0.1, 0.15) is 25.7 Å². The smallest absolute Gasteiger partial charge is 0.230 e. The maximum absolute atomic E-state index is 5.50. The summed E-state index contributed by atoms with van der Waals surface area (Å²) in [7, 11) is 3.80. The molecule has 1 saturated heterocycles. The van der Waals surface area contributed by atoms with Gasteiger partial charge in [0.05, 0.1) is 31.3 Å². The van der Waals surface area contributed by atoms with Crippen LogP contribution in [0.4, 0.5) is 17.5 Å². The molecular weight excluding hydrogens is 382 g/mol. The lowest BCUT2D eigenvalue weighted by atomic mass is 9.90. The molecule has 0 bridgehead atoms. The van der Waals surface area contributed by atoms with Gasteiger partial charge in [-0.25, -0.2) is 4.98 Å². The summed E-state index contributed by atoms with van der Waals surface area (Å²) in [5.41, 5.74) is 2.49. The molecule has 1 saturated carbocycles. The minimum atomic E-state index is 0.397. The van der Waals surface area contributed by atoms with Crippen LogP contribution in [-0.2, 0) is 18.8 Å². The Kier molecular flexibility index (Phi) is 5.26. The fourth-order valence-electron chi connectivity index (χ4n) is 4.52. The molecule has 0 radical (unpaired) electrons. The van der Waals surface area contributed by atoms with Crippen LogP contribution in [0.3, 0.4) is 0 Å². The molecule has 3 aromatic heterocycles. The van der Waals surface area contributed by atoms with Crippen molar-refractivity contribution >= 4 is 28.5 Å². The molecular formula is C20H29N9O. The van der Waals surface area contributed by atoms with Crippen LogP contribution in [0.25, 0.3) is 11.0 Å². The summed E-state index contributed by atoms with van der Waals surface area (Å²) in [6, 6.07) is 1.07. The number of fused-ring (bicyclic) bond motifs is 1. The molecule has 160 valence electrons. The molecule has 10 nitrogen and oxygen atoms in total. The zero-order chi connectivity index (χ0) is 20.5. The summed E-state index contributed by atoms with van der Waals surface area (Å²) < 4.78 is 9.03. The normalized spacial score (nSPS) is 23.0. The van der Waals surface area contributed by atoms with E-state index in [4.69, 9.17) is 9.72 Å². The van der Waals surface area contributed by atoms with Gasteiger partial charge < -0.3 is 15.4 Å². The zero-order valence-electron chi connectivity index (χ0n) is 17.6. The number of rotatable bonds is 5. The van der Waals surface area contributed by atoms with Crippen molar-refractivity contribution in [1.82, 2.24) is 34.4 Å². The van der Waals surface area contributed by atoms with Gasteiger partial charge in [-0.1, -0.05) is 0 Å². The van der Waals surface area contributed by atoms with Crippen molar-refractivity contribution in [1.29, 1.82) is 0 Å². The third-order valence-corrected chi connectivity index (χ3v) is 6.04. The first-order valence-electron chi connectivity index (χ1n) is 10.7. The number of anilines is 3. The second kappa shape index (κ2) is 8.19. The first-order chi connectivity index (χ1) is 14.6. The van der Waals surface area contributed by atoms with E-state index in [0.29, 0.717) is 18.0 Å². The van der Waals surface area contributed by atoms with Crippen molar-refractivity contribution < 1.29 is 4.74 Å². The minimum Gasteiger partial charge on any atom is -0.379 e. The number of aromatic nitrogens is 6. The highest BCUT2D eigenvalue weighted by Crippen LogP contribution is 2.28. The predicted octanol–water partition coefficient (Wildman–Crippen LogP) is 1.90. The Labute approximate surface area is 175 Å². The molecule has 5 rings (SSSR count). The van der Waals surface area contributed by atoms with Crippen LogP contribution < -0.4 is 10.6 Å². The number of aryl methyl sites for hydroxylation is 2. The third kappa shape index (κ3) is 4.10. The Balaban J connectivity index is 1.31. The summed E-state index contributed by atoms with van der Waals surface area (Å²) >= 11 is 0. The van der Waals surface area contributed by atoms with E-state index < -0.39 is 0 Å². The Morgan fingerprint density at radius 1 is 1.00 bits per heavy atom. The molecule has 0 spiro atoms. The van der Waals surface area contributed by atoms with Gasteiger partial charge in [0, 0.05) is 45.5 Å². The van der Waals surface area contributed by atoms with E-state index in [1.54, 1.807) is 15.6 Å². The standard InChI is InChI=1S/C20H29N9O/c1-27-12-15(11-21-27)23-20-24-17-13-28(2)26-18(17)19(25-20)22-14-3-5-16(6-4-14)29-7-9-30-10-8-29/h11-14,16H,3-10H2,1-2H3,(H2,22,23,24,25). The topological polar surface area (TPSA) is 98.0 Å². The minimum absolute atomic E-state index is 0.397. The lowest BCUT2D eigenvalue weighted by molar-refractivity contribution is 0.00791. The molecule has 2 aliphatic rings. The quantitative estimate of drug-likeness (QED) is 0.657. The van der Waals surface area contributed by atoms with E-state index in [-0.39, 0.29) is 0 Å². The maximum Gasteiger partial charge on any atom is 0.230 e. The second-order valence-corrected chi connectivity index (χ2v) is 8.26. The largest absolute Gasteiger partial charge is 0.379 e. The van der Waals surface area contributed by atoms with Crippen LogP contribution in [0.2, 0.25) is 0 Å². The van der Waals surface area contributed by atoms with Gasteiger partial charge >= 0.3 is 0 Å². The summed E-state index contributed by atoms with van der Waals surface area (Å²) in [5.74, 6) is 1.34. The van der Waals surface area contributed by atoms with Crippen molar-refractivity contribution in [2.75, 3.05) is 36.9 Å². The third-order valence-electron chi connectivity index (χ3n) is 6.04. The fraction of sp³-hybridized carbons (Fsp3) is 0.600. The molecule has 0 aromatic carbocycles. The SMILES string of the molecule is Cn1cc(Nc2nc(NC3CCC(N4CCOCC4)CC3)c3nn(C)cc3n2)cn1. The van der Waals surface area contributed by atoms with Gasteiger partial charge in [0.15, 0.2) is 11.3 Å². The Hall–Kier alpha value is -2.72. The van der Waals surface area contributed by atoms with Crippen LogP contribution in [0.5, 0.6) is 0 Å². The molecule has 0 amide bonds. The second-order valence-electron chi connectivity index (χ2n) is 8.26. The van der Waals surface area contributed by atoms with Gasteiger partial charge in [-0.2, -0.15) is 15.2 Å². The summed E-state index contributed by atoms with van der Waals surface area (Å²) in [4.78, 5) is 12.0. The summed E-state index contributed by atoms with van der Waals surface area (Å²) in [6.07, 6.45) is 10.3. The Morgan fingerprint density at radius 2 is 1.80 bits per heavy atom. The van der Waals surface area contributed by atoms with Gasteiger partial charge in [0.2, 0.25) is 5.95 Å². The van der Waals surface area contributed by atoms with Gasteiger partial charge in [0.1, 0.15) is 5.52 Å². The summed E-state index contributed by atoms with van der Waals surface area (Å²) in [5, 5.41) is 15.7. The average Bonchev–Trinajstić information content (AvgIpc) is 3.34. The molecule has 3 aromatic rings. The van der Waals surface area contributed by atoms with Gasteiger partial charge in [-0.05, 0) is 25.7 Å². The molecule has 4 heterocycles. The van der Waals surface area contributed by atoms with Crippen molar-refractivity contribution in [2.24, 2.45) is 14.1 Å². The molecule has 1 aliphatic heterocycles. The molecule has 0 unspecified atom stereocenters. The van der Waals surface area contributed by atoms with Crippen LogP contribution >= 0.6 is 0 Å². The molecule has 0 atom stereocenters. The van der Waals surface area contributed by atoms with E-state index in [9.17, 15) is 0 Å². The van der Waals surface area contributed by atoms with Crippen LogP contribution in [-0.4, -0.2) is 72.8 Å². The van der Waals surface area contributed by atoms with Crippen molar-refractivity contribution in [2.45, 2.75) is 37.8 Å². The number of ether oxygens (including phenoxy) is 1. The Morgan fingerprint density at radius 3 is 2.53 bits per heavy atom. The number of hydrogen-bond acceptors (Lipinski definition) is 8. The predicted molar refractivity (Wildman–Crippen MR) is 115 cm³/mol. The summed E-state index contributed by atoms with van der Waals surface area (Å²) in [6.45, 7) is 3.85. The van der Waals surface area contributed by atoms with Crippen LogP contribution in [0, 0.1) is 0 Å². The number of hydrogen-bond donors (Lipinski definition) is 2. The number of nitrogens with zero attached hydrogens (tertiary/aromatic N) is 7. The first kappa shape index (κ1) is 19.3. The van der Waals surface area contributed by atoms with E-state index in [0.717, 1.165) is 61.7 Å². The van der Waals surface area contributed by atoms with Crippen molar-refractivity contribution in [3.05, 3.63) is 18.6 Å².